The lowest BCUT2D eigenvalue weighted by atomic mass is 9.87. The summed E-state index contributed by atoms with van der Waals surface area (Å²) in [6, 6.07) is 5.73. The van der Waals surface area contributed by atoms with Gasteiger partial charge in [-0.2, -0.15) is 0 Å². The predicted molar refractivity (Wildman–Crippen MR) is 100.0 cm³/mol. The van der Waals surface area contributed by atoms with Crippen molar-refractivity contribution in [3.63, 3.8) is 0 Å². The van der Waals surface area contributed by atoms with Gasteiger partial charge in [-0.1, -0.05) is 11.3 Å². The van der Waals surface area contributed by atoms with Gasteiger partial charge in [-0.15, -0.1) is 17.5 Å². The van der Waals surface area contributed by atoms with Crippen LogP contribution in [0.4, 0.5) is 5.69 Å². The average molecular weight is 379 g/mol. The first kappa shape index (κ1) is 19.7. The van der Waals surface area contributed by atoms with Gasteiger partial charge in [-0.25, -0.2) is 4.68 Å². The average Bonchev–Trinajstić information content (AvgIpc) is 3.03. The third kappa shape index (κ3) is 4.32. The number of hydrogen-bond donors (Lipinski definition) is 2. The molecule has 3 rings (SSSR count). The molecule has 1 aliphatic carbocycles. The van der Waals surface area contributed by atoms with Crippen molar-refractivity contribution in [3.8, 4) is 0 Å². The second-order valence-electron chi connectivity index (χ2n) is 6.47. The minimum Gasteiger partial charge on any atom is -0.399 e. The number of rotatable bonds is 4. The summed E-state index contributed by atoms with van der Waals surface area (Å²) >= 11 is 0. The maximum absolute atomic E-state index is 12.5. The van der Waals surface area contributed by atoms with Crippen LogP contribution in [0.2, 0.25) is 0 Å². The summed E-state index contributed by atoms with van der Waals surface area (Å²) in [4.78, 5) is 25.6. The number of nitrogens with one attached hydrogen (secondary N) is 1. The van der Waals surface area contributed by atoms with Crippen LogP contribution in [-0.2, 0) is 17.8 Å². The van der Waals surface area contributed by atoms with E-state index in [9.17, 15) is 9.59 Å². The van der Waals surface area contributed by atoms with Gasteiger partial charge in [0, 0.05) is 19.8 Å². The van der Waals surface area contributed by atoms with Gasteiger partial charge in [0.2, 0.25) is 5.91 Å². The minimum absolute atomic E-state index is 0. The number of nitrogens with two attached hydrogens (primary N) is 1. The van der Waals surface area contributed by atoms with Crippen molar-refractivity contribution in [1.82, 2.24) is 25.2 Å². The van der Waals surface area contributed by atoms with Gasteiger partial charge < -0.3 is 16.0 Å². The maximum atomic E-state index is 12.5. The summed E-state index contributed by atoms with van der Waals surface area (Å²) in [5, 5.41) is 10.7. The molecule has 0 aliphatic heterocycles. The van der Waals surface area contributed by atoms with E-state index in [0.29, 0.717) is 0 Å². The fourth-order valence-electron chi connectivity index (χ4n) is 2.98. The molecule has 0 saturated carbocycles. The van der Waals surface area contributed by atoms with E-state index in [4.69, 9.17) is 5.73 Å². The van der Waals surface area contributed by atoms with E-state index in [-0.39, 0.29) is 42.5 Å². The quantitative estimate of drug-likeness (QED) is 0.777. The van der Waals surface area contributed by atoms with Crippen molar-refractivity contribution < 1.29 is 9.59 Å². The Morgan fingerprint density at radius 2 is 2.15 bits per heavy atom. The number of anilines is 1. The van der Waals surface area contributed by atoms with Crippen LogP contribution < -0.4 is 11.1 Å². The number of nitrogens with zero attached hydrogens (tertiary/aromatic N) is 4. The molecular formula is C17H23ClN6O2. The van der Waals surface area contributed by atoms with Crippen molar-refractivity contribution in [2.24, 2.45) is 0 Å². The molecule has 1 atom stereocenters. The van der Waals surface area contributed by atoms with E-state index in [1.165, 1.54) is 21.3 Å². The molecule has 0 bridgehead atoms. The first-order chi connectivity index (χ1) is 11.9. The summed E-state index contributed by atoms with van der Waals surface area (Å²) in [6.45, 7) is 0.0544. The van der Waals surface area contributed by atoms with Gasteiger partial charge >= 0.3 is 0 Å². The highest BCUT2D eigenvalue weighted by Crippen LogP contribution is 2.31. The minimum atomic E-state index is -0.293. The summed E-state index contributed by atoms with van der Waals surface area (Å²) in [5.74, 6) is -0.408. The van der Waals surface area contributed by atoms with E-state index >= 15 is 0 Å². The molecule has 26 heavy (non-hydrogen) atoms. The number of carbonyl (C=O) groups is 2. The molecule has 2 aromatic rings. The molecule has 9 heteroatoms. The Kier molecular flexibility index (Phi) is 6.20. The highest BCUT2D eigenvalue weighted by atomic mass is 35.5. The third-order valence-electron chi connectivity index (χ3n) is 4.35. The Hall–Kier alpha value is -2.61. The number of benzene rings is 1. The molecule has 3 N–H and O–H groups in total. The topological polar surface area (TPSA) is 106 Å². The normalized spacial score (nSPS) is 15.5. The third-order valence-corrected chi connectivity index (χ3v) is 4.35. The molecule has 1 aliphatic rings. The van der Waals surface area contributed by atoms with Crippen LogP contribution >= 0.6 is 12.4 Å². The Morgan fingerprint density at radius 1 is 1.38 bits per heavy atom. The lowest BCUT2D eigenvalue weighted by Crippen LogP contribution is -2.31. The first-order valence-corrected chi connectivity index (χ1v) is 8.23. The van der Waals surface area contributed by atoms with Crippen molar-refractivity contribution in [2.45, 2.75) is 31.8 Å². The summed E-state index contributed by atoms with van der Waals surface area (Å²) in [5.41, 5.74) is 9.06. The fraction of sp³-hybridized carbons (Fsp3) is 0.412. The molecule has 1 aromatic heterocycles. The van der Waals surface area contributed by atoms with E-state index < -0.39 is 0 Å². The van der Waals surface area contributed by atoms with E-state index in [0.717, 1.165) is 30.5 Å². The van der Waals surface area contributed by atoms with Crippen molar-refractivity contribution in [2.75, 3.05) is 19.8 Å². The predicted octanol–water partition coefficient (Wildman–Crippen LogP) is 1.18. The Labute approximate surface area is 158 Å². The second kappa shape index (κ2) is 8.18. The highest BCUT2D eigenvalue weighted by molar-refractivity contribution is 5.92. The second-order valence-corrected chi connectivity index (χ2v) is 6.47. The Balaban J connectivity index is 0.00000243. The number of fused-ring (bicyclic) bond motifs is 1. The molecule has 1 heterocycles. The largest absolute Gasteiger partial charge is 0.399 e. The number of aromatic nitrogens is 3. The van der Waals surface area contributed by atoms with Gasteiger partial charge in [-0.05, 0) is 42.5 Å². The zero-order valence-electron chi connectivity index (χ0n) is 14.8. The van der Waals surface area contributed by atoms with Gasteiger partial charge in [0.15, 0.2) is 5.69 Å². The number of amides is 2. The molecular weight excluding hydrogens is 356 g/mol. The zero-order chi connectivity index (χ0) is 18.0. The number of likely N-dealkylation sites (N-methyl/N-ethyl adjacent to an activating group) is 1. The van der Waals surface area contributed by atoms with Crippen LogP contribution in [0.25, 0.3) is 0 Å². The van der Waals surface area contributed by atoms with Crippen molar-refractivity contribution in [1.29, 1.82) is 0 Å². The monoisotopic (exact) mass is 378 g/mol. The SMILES string of the molecule is CN(C)C(=O)Cn1cc(C(=O)NC2CCCc3cc(N)ccc32)nn1.Cl. The van der Waals surface area contributed by atoms with Gasteiger partial charge in [-0.3, -0.25) is 9.59 Å². The first-order valence-electron chi connectivity index (χ1n) is 8.23. The number of aryl methyl sites for hydroxylation is 1. The molecule has 140 valence electrons. The molecule has 1 unspecified atom stereocenters. The van der Waals surface area contributed by atoms with E-state index in [2.05, 4.69) is 15.6 Å². The molecule has 0 spiro atoms. The standard InChI is InChI=1S/C17H22N6O2.ClH/c1-22(2)16(24)10-23-9-15(20-21-23)17(25)19-14-5-3-4-11-8-12(18)6-7-13(11)14;/h6-9,14H,3-5,10,18H2,1-2H3,(H,19,25);1H. The molecule has 2 amide bonds. The molecule has 1 aromatic carbocycles. The molecule has 0 saturated heterocycles. The van der Waals surface area contributed by atoms with Gasteiger partial charge in [0.05, 0.1) is 12.2 Å². The van der Waals surface area contributed by atoms with Gasteiger partial charge in [0.25, 0.3) is 5.91 Å². The molecule has 8 nitrogen and oxygen atoms in total. The summed E-state index contributed by atoms with van der Waals surface area (Å²) in [7, 11) is 3.33. The fourth-order valence-corrected chi connectivity index (χ4v) is 2.98. The van der Waals surface area contributed by atoms with E-state index in [1.54, 1.807) is 14.1 Å². The van der Waals surface area contributed by atoms with E-state index in [1.807, 2.05) is 18.2 Å². The Bertz CT molecular complexity index is 804. The van der Waals surface area contributed by atoms with Crippen LogP contribution in [0, 0.1) is 0 Å². The number of hydrogen-bond acceptors (Lipinski definition) is 5. The van der Waals surface area contributed by atoms with Crippen LogP contribution in [0.1, 0.15) is 40.5 Å². The summed E-state index contributed by atoms with van der Waals surface area (Å²) in [6.07, 6.45) is 4.32. The number of carbonyl (C=O) groups excluding carboxylic acids is 2. The Morgan fingerprint density at radius 3 is 2.88 bits per heavy atom. The van der Waals surface area contributed by atoms with Crippen LogP contribution in [0.15, 0.2) is 24.4 Å². The van der Waals surface area contributed by atoms with Crippen molar-refractivity contribution in [3.05, 3.63) is 41.2 Å². The van der Waals surface area contributed by atoms with Crippen LogP contribution in [0.3, 0.4) is 0 Å². The van der Waals surface area contributed by atoms with Crippen LogP contribution in [0.5, 0.6) is 0 Å². The number of halogens is 1. The van der Waals surface area contributed by atoms with Crippen LogP contribution in [-0.4, -0.2) is 45.8 Å². The van der Waals surface area contributed by atoms with Gasteiger partial charge in [0.1, 0.15) is 6.54 Å². The number of nitrogen functional groups attached to an aromatic ring is 1. The lowest BCUT2D eigenvalue weighted by molar-refractivity contribution is -0.129. The molecule has 0 radical (unpaired) electrons. The van der Waals surface area contributed by atoms with Crippen molar-refractivity contribution >= 4 is 29.9 Å². The summed E-state index contributed by atoms with van der Waals surface area (Å²) < 4.78 is 1.37. The molecule has 0 fully saturated rings. The maximum Gasteiger partial charge on any atom is 0.273 e. The smallest absolute Gasteiger partial charge is 0.273 e. The zero-order valence-corrected chi connectivity index (χ0v) is 15.6. The lowest BCUT2D eigenvalue weighted by Gasteiger charge is -2.26. The highest BCUT2D eigenvalue weighted by Gasteiger charge is 2.23.